The molecule has 0 radical (unpaired) electrons. The van der Waals surface area contributed by atoms with Crippen molar-refractivity contribution in [3.8, 4) is 5.75 Å². The molecule has 0 saturated carbocycles. The number of para-hydroxylation sites is 2. The Labute approximate surface area is 380 Å². The SMILES string of the molecule is CC(=O)NCCOCC(=O)NC(CCCCCC(=O)CCCCCN1C(=CC=CC=CC2=[N+](C)c3ccccc3C2(C)C)C(C)(C)c2ccccc21)C(=O)NCCc1ccc(O)cc1. The summed E-state index contributed by atoms with van der Waals surface area (Å²) in [6.07, 6.45) is 17.9. The van der Waals surface area contributed by atoms with Gasteiger partial charge < -0.3 is 30.7 Å². The number of ether oxygens (including phenoxy) is 1. The number of nitrogens with zero attached hydrogens (tertiary/aromatic N) is 2. The molecule has 1 atom stereocenters. The van der Waals surface area contributed by atoms with Crippen LogP contribution in [0, 0.1) is 0 Å². The third-order valence-electron chi connectivity index (χ3n) is 12.4. The second-order valence-corrected chi connectivity index (χ2v) is 18.0. The third kappa shape index (κ3) is 13.6. The maximum atomic E-state index is 13.2. The quantitative estimate of drug-likeness (QED) is 0.0382. The van der Waals surface area contributed by atoms with Crippen molar-refractivity contribution in [1.29, 1.82) is 0 Å². The molecule has 0 aliphatic carbocycles. The minimum Gasteiger partial charge on any atom is -0.508 e. The molecule has 2 aliphatic rings. The molecule has 3 aromatic rings. The summed E-state index contributed by atoms with van der Waals surface area (Å²) in [4.78, 5) is 52.3. The first kappa shape index (κ1) is 49.2. The van der Waals surface area contributed by atoms with E-state index in [0.717, 1.165) is 44.2 Å². The fourth-order valence-electron chi connectivity index (χ4n) is 8.87. The number of nitrogens with one attached hydrogen (secondary N) is 3. The molecule has 0 aromatic heterocycles. The molecule has 3 amide bonds. The van der Waals surface area contributed by atoms with Crippen LogP contribution in [0.2, 0.25) is 0 Å². The maximum absolute atomic E-state index is 13.2. The number of allylic oxidation sites excluding steroid dienone is 6. The standard InChI is InChI=1S/C53H69N5O6/c1-39(59)54-35-37-64-38-50(62)56-45(51(63)55-34-33-40-29-31-42(61)32-30-40)24-12-7-10-20-41(60)21-11-9-19-36-58-47-26-18-16-23-44(47)53(4,5)49(58)28-14-8-13-27-48-52(2,3)43-22-15-17-25-46(43)57(48)6/h8,13-18,22-23,25-32,45H,7,9-12,19-21,24,33-38H2,1-6H3,(H3-,54,55,56,59,61,62,63)/p+1. The number of phenols is 1. The van der Waals surface area contributed by atoms with Crippen LogP contribution in [0.25, 0.3) is 0 Å². The number of aromatic hydroxyl groups is 1. The summed E-state index contributed by atoms with van der Waals surface area (Å²) >= 11 is 0. The molecule has 11 heteroatoms. The molecule has 5 rings (SSSR count). The highest BCUT2D eigenvalue weighted by Crippen LogP contribution is 2.47. The van der Waals surface area contributed by atoms with Crippen molar-refractivity contribution in [2.24, 2.45) is 0 Å². The van der Waals surface area contributed by atoms with Crippen LogP contribution in [-0.2, 0) is 41.2 Å². The monoisotopic (exact) mass is 873 g/mol. The smallest absolute Gasteiger partial charge is 0.246 e. The minimum absolute atomic E-state index is 0.0654. The number of amides is 3. The Balaban J connectivity index is 1.05. The average Bonchev–Trinajstić information content (AvgIpc) is 3.60. The Morgan fingerprint density at radius 1 is 0.781 bits per heavy atom. The van der Waals surface area contributed by atoms with Gasteiger partial charge in [0.1, 0.15) is 31.2 Å². The fourth-order valence-corrected chi connectivity index (χ4v) is 8.87. The summed E-state index contributed by atoms with van der Waals surface area (Å²) in [7, 11) is 2.14. The van der Waals surface area contributed by atoms with Crippen molar-refractivity contribution >= 4 is 40.6 Å². The van der Waals surface area contributed by atoms with Gasteiger partial charge in [0, 0.05) is 73.9 Å². The lowest BCUT2D eigenvalue weighted by Crippen LogP contribution is -2.48. The summed E-state index contributed by atoms with van der Waals surface area (Å²) in [5.41, 5.74) is 8.49. The number of carbonyl (C=O) groups is 4. The number of rotatable bonds is 25. The van der Waals surface area contributed by atoms with Crippen LogP contribution in [0.15, 0.2) is 109 Å². The predicted octanol–water partition coefficient (Wildman–Crippen LogP) is 8.27. The van der Waals surface area contributed by atoms with Gasteiger partial charge in [0.15, 0.2) is 5.71 Å². The van der Waals surface area contributed by atoms with E-state index in [2.05, 4.69) is 139 Å². The van der Waals surface area contributed by atoms with Gasteiger partial charge in [0.2, 0.25) is 23.4 Å². The topological polar surface area (TPSA) is 140 Å². The highest BCUT2D eigenvalue weighted by Gasteiger charge is 2.42. The van der Waals surface area contributed by atoms with Crippen LogP contribution in [-0.4, -0.2) is 84.8 Å². The fraction of sp³-hybridized carbons (Fsp3) is 0.453. The molecule has 1 unspecified atom stereocenters. The number of carbonyl (C=O) groups excluding carboxylic acids is 4. The van der Waals surface area contributed by atoms with E-state index >= 15 is 0 Å². The average molecular weight is 873 g/mol. The van der Waals surface area contributed by atoms with Crippen molar-refractivity contribution in [1.82, 2.24) is 16.0 Å². The predicted molar refractivity (Wildman–Crippen MR) is 256 cm³/mol. The number of anilines is 1. The van der Waals surface area contributed by atoms with Crippen molar-refractivity contribution in [3.05, 3.63) is 126 Å². The number of hydrogen-bond donors (Lipinski definition) is 4. The van der Waals surface area contributed by atoms with E-state index in [9.17, 15) is 24.3 Å². The van der Waals surface area contributed by atoms with Gasteiger partial charge in [-0.15, -0.1) is 0 Å². The molecule has 0 bridgehead atoms. The first-order chi connectivity index (χ1) is 30.7. The first-order valence-corrected chi connectivity index (χ1v) is 23.0. The number of phenolic OH excluding ortho intramolecular Hbond substituents is 1. The van der Waals surface area contributed by atoms with Crippen LogP contribution in [0.5, 0.6) is 5.75 Å². The highest BCUT2D eigenvalue weighted by atomic mass is 16.5. The van der Waals surface area contributed by atoms with E-state index in [-0.39, 0.29) is 53.9 Å². The molecule has 2 aliphatic heterocycles. The molecule has 0 spiro atoms. The van der Waals surface area contributed by atoms with Crippen molar-refractivity contribution < 1.29 is 33.6 Å². The molecular formula is C53H70N5O6+. The minimum atomic E-state index is -0.743. The summed E-state index contributed by atoms with van der Waals surface area (Å²) in [5, 5.41) is 17.9. The highest BCUT2D eigenvalue weighted by molar-refractivity contribution is 6.03. The van der Waals surface area contributed by atoms with Gasteiger partial charge in [-0.2, -0.15) is 4.58 Å². The zero-order valence-corrected chi connectivity index (χ0v) is 38.9. The first-order valence-electron chi connectivity index (χ1n) is 23.0. The van der Waals surface area contributed by atoms with Crippen LogP contribution >= 0.6 is 0 Å². The van der Waals surface area contributed by atoms with Crippen LogP contribution < -0.4 is 20.9 Å². The normalized spacial score (nSPS) is 16.0. The van der Waals surface area contributed by atoms with E-state index < -0.39 is 11.9 Å². The summed E-state index contributed by atoms with van der Waals surface area (Å²) in [6.45, 7) is 12.1. The van der Waals surface area contributed by atoms with Gasteiger partial charge in [0.25, 0.3) is 0 Å². The maximum Gasteiger partial charge on any atom is 0.246 e. The zero-order chi connectivity index (χ0) is 46.1. The Bertz CT molecular complexity index is 2200. The molecular weight excluding hydrogens is 803 g/mol. The Morgan fingerprint density at radius 3 is 2.19 bits per heavy atom. The number of unbranched alkanes of at least 4 members (excludes halogenated alkanes) is 4. The van der Waals surface area contributed by atoms with Crippen molar-refractivity contribution in [2.45, 2.75) is 116 Å². The second kappa shape index (κ2) is 23.8. The van der Waals surface area contributed by atoms with Gasteiger partial charge in [-0.3, -0.25) is 19.2 Å². The third-order valence-corrected chi connectivity index (χ3v) is 12.4. The lowest BCUT2D eigenvalue weighted by molar-refractivity contribution is -0.401. The molecule has 4 N–H and O–H groups in total. The second-order valence-electron chi connectivity index (χ2n) is 18.0. The van der Waals surface area contributed by atoms with E-state index in [1.165, 1.54) is 40.8 Å². The van der Waals surface area contributed by atoms with Gasteiger partial charge in [-0.1, -0.05) is 99.9 Å². The number of Topliss-reactive ketones (excluding diaryl/α,β-unsaturated/α-hetero) is 1. The molecule has 3 aromatic carbocycles. The van der Waals surface area contributed by atoms with E-state index in [0.29, 0.717) is 38.6 Å². The molecule has 2 heterocycles. The number of benzene rings is 3. The summed E-state index contributed by atoms with van der Waals surface area (Å²) in [6, 6.07) is 23.4. The van der Waals surface area contributed by atoms with Crippen LogP contribution in [0.4, 0.5) is 11.4 Å². The van der Waals surface area contributed by atoms with E-state index in [1.54, 1.807) is 24.3 Å². The summed E-state index contributed by atoms with van der Waals surface area (Å²) in [5.74, 6) is -0.433. The number of ketones is 1. The molecule has 342 valence electrons. The molecule has 11 nitrogen and oxygen atoms in total. The van der Waals surface area contributed by atoms with Gasteiger partial charge in [-0.25, -0.2) is 0 Å². The Morgan fingerprint density at radius 2 is 1.47 bits per heavy atom. The zero-order valence-electron chi connectivity index (χ0n) is 38.9. The van der Waals surface area contributed by atoms with Gasteiger partial charge in [0.05, 0.1) is 12.0 Å². The van der Waals surface area contributed by atoms with Crippen LogP contribution in [0.1, 0.15) is 109 Å². The van der Waals surface area contributed by atoms with Gasteiger partial charge >= 0.3 is 0 Å². The lowest BCUT2D eigenvalue weighted by Gasteiger charge is -2.27. The molecule has 0 saturated heterocycles. The Hall–Kier alpha value is -5.81. The van der Waals surface area contributed by atoms with Crippen molar-refractivity contribution in [3.63, 3.8) is 0 Å². The van der Waals surface area contributed by atoms with E-state index in [4.69, 9.17) is 4.74 Å². The molecule has 64 heavy (non-hydrogen) atoms. The van der Waals surface area contributed by atoms with Crippen LogP contribution in [0.3, 0.4) is 0 Å². The number of hydrogen-bond acceptors (Lipinski definition) is 7. The largest absolute Gasteiger partial charge is 0.508 e. The number of fused-ring (bicyclic) bond motifs is 2. The lowest BCUT2D eigenvalue weighted by atomic mass is 9.81. The van der Waals surface area contributed by atoms with E-state index in [1.807, 2.05) is 0 Å². The van der Waals surface area contributed by atoms with Gasteiger partial charge in [-0.05, 0) is 81.4 Å². The summed E-state index contributed by atoms with van der Waals surface area (Å²) < 4.78 is 7.66. The Kier molecular flexibility index (Phi) is 18.3. The van der Waals surface area contributed by atoms with Crippen molar-refractivity contribution in [2.75, 3.05) is 44.8 Å². The molecule has 0 fully saturated rings.